The molecule has 2 N–H and O–H groups in total. The average molecular weight is 233 g/mol. The van der Waals surface area contributed by atoms with Crippen LogP contribution in [0.15, 0.2) is 18.2 Å². The van der Waals surface area contributed by atoms with Gasteiger partial charge in [-0.1, -0.05) is 38.5 Å². The van der Waals surface area contributed by atoms with Gasteiger partial charge in [0, 0.05) is 18.0 Å². The van der Waals surface area contributed by atoms with Crippen LogP contribution in [0, 0.1) is 19.3 Å². The molecule has 1 aromatic carbocycles. The quantitative estimate of drug-likeness (QED) is 0.814. The number of ketones is 1. The van der Waals surface area contributed by atoms with Crippen LogP contribution in [0.25, 0.3) is 0 Å². The van der Waals surface area contributed by atoms with Gasteiger partial charge in [-0.2, -0.15) is 0 Å². The summed E-state index contributed by atoms with van der Waals surface area (Å²) in [6.45, 7) is 10.2. The Kier molecular flexibility index (Phi) is 4.10. The Morgan fingerprint density at radius 2 is 1.88 bits per heavy atom. The molecule has 0 aromatic heterocycles. The van der Waals surface area contributed by atoms with E-state index in [9.17, 15) is 4.79 Å². The Bertz CT molecular complexity index is 415. The van der Waals surface area contributed by atoms with Crippen LogP contribution in [-0.4, -0.2) is 11.8 Å². The van der Waals surface area contributed by atoms with E-state index in [2.05, 4.69) is 20.8 Å². The zero-order valence-electron chi connectivity index (χ0n) is 11.5. The average Bonchev–Trinajstić information content (AvgIpc) is 2.20. The predicted octanol–water partition coefficient (Wildman–Crippen LogP) is 3.25. The highest BCUT2D eigenvalue weighted by Crippen LogP contribution is 2.22. The second kappa shape index (κ2) is 5.01. The van der Waals surface area contributed by atoms with Gasteiger partial charge in [0.25, 0.3) is 0 Å². The van der Waals surface area contributed by atoms with Crippen LogP contribution in [0.2, 0.25) is 0 Å². The molecule has 0 amide bonds. The lowest BCUT2D eigenvalue weighted by atomic mass is 9.83. The Balaban J connectivity index is 2.87. The lowest BCUT2D eigenvalue weighted by molar-refractivity contribution is 0.0952. The van der Waals surface area contributed by atoms with Crippen LogP contribution in [-0.2, 0) is 0 Å². The minimum absolute atomic E-state index is 0.0343. The number of aryl methyl sites for hydroxylation is 2. The van der Waals surface area contributed by atoms with Crippen LogP contribution in [0.4, 0.5) is 0 Å². The lowest BCUT2D eigenvalue weighted by Gasteiger charge is -2.26. The molecule has 2 nitrogen and oxygen atoms in total. The van der Waals surface area contributed by atoms with Gasteiger partial charge in [0.2, 0.25) is 0 Å². The Hall–Kier alpha value is -1.15. The van der Waals surface area contributed by atoms with Crippen LogP contribution < -0.4 is 5.73 Å². The van der Waals surface area contributed by atoms with Crippen molar-refractivity contribution in [2.75, 3.05) is 0 Å². The third kappa shape index (κ3) is 3.67. The standard InChI is InChI=1S/C15H23NO/c1-10-6-7-11(2)12(8-10)13(17)9-14(16)15(3,4)5/h6-8,14H,9,16H2,1-5H3. The summed E-state index contributed by atoms with van der Waals surface area (Å²) in [6.07, 6.45) is 0.411. The summed E-state index contributed by atoms with van der Waals surface area (Å²) in [7, 11) is 0. The van der Waals surface area contributed by atoms with E-state index in [-0.39, 0.29) is 17.2 Å². The highest BCUT2D eigenvalue weighted by molar-refractivity contribution is 5.98. The van der Waals surface area contributed by atoms with Crippen molar-refractivity contribution in [1.82, 2.24) is 0 Å². The molecule has 0 saturated heterocycles. The maximum Gasteiger partial charge on any atom is 0.164 e. The van der Waals surface area contributed by atoms with Gasteiger partial charge in [0.15, 0.2) is 5.78 Å². The Morgan fingerprint density at radius 1 is 1.29 bits per heavy atom. The number of hydrogen-bond acceptors (Lipinski definition) is 2. The van der Waals surface area contributed by atoms with E-state index in [1.807, 2.05) is 32.0 Å². The fourth-order valence-electron chi connectivity index (χ4n) is 1.65. The number of benzene rings is 1. The number of carbonyl (C=O) groups excluding carboxylic acids is 1. The molecule has 0 saturated carbocycles. The van der Waals surface area contributed by atoms with Gasteiger partial charge in [-0.05, 0) is 30.9 Å². The highest BCUT2D eigenvalue weighted by Gasteiger charge is 2.24. The highest BCUT2D eigenvalue weighted by atomic mass is 16.1. The molecule has 0 heterocycles. The number of rotatable bonds is 3. The lowest BCUT2D eigenvalue weighted by Crippen LogP contribution is -2.37. The van der Waals surface area contributed by atoms with Gasteiger partial charge in [-0.25, -0.2) is 0 Å². The van der Waals surface area contributed by atoms with Gasteiger partial charge in [0.05, 0.1) is 0 Å². The van der Waals surface area contributed by atoms with Crippen LogP contribution >= 0.6 is 0 Å². The normalized spacial score (nSPS) is 13.5. The van der Waals surface area contributed by atoms with Gasteiger partial charge >= 0.3 is 0 Å². The first-order chi connectivity index (χ1) is 7.71. The second-order valence-electron chi connectivity index (χ2n) is 5.92. The first kappa shape index (κ1) is 13.9. The molecule has 0 spiro atoms. The fraction of sp³-hybridized carbons (Fsp3) is 0.533. The molecule has 94 valence electrons. The molecule has 1 unspecified atom stereocenters. The smallest absolute Gasteiger partial charge is 0.164 e. The van der Waals surface area contributed by atoms with Gasteiger partial charge in [-0.3, -0.25) is 4.79 Å². The summed E-state index contributed by atoms with van der Waals surface area (Å²) in [6, 6.07) is 5.86. The van der Waals surface area contributed by atoms with E-state index < -0.39 is 0 Å². The van der Waals surface area contributed by atoms with E-state index in [0.717, 1.165) is 16.7 Å². The number of hydrogen-bond donors (Lipinski definition) is 1. The third-order valence-electron chi connectivity index (χ3n) is 3.21. The molecule has 0 fully saturated rings. The monoisotopic (exact) mass is 233 g/mol. The van der Waals surface area contributed by atoms with E-state index in [4.69, 9.17) is 5.73 Å². The SMILES string of the molecule is Cc1ccc(C)c(C(=O)CC(N)C(C)(C)C)c1. The number of carbonyl (C=O) groups is 1. The molecule has 0 aliphatic rings. The maximum atomic E-state index is 12.2. The first-order valence-electron chi connectivity index (χ1n) is 6.08. The van der Waals surface area contributed by atoms with Crippen LogP contribution in [0.3, 0.4) is 0 Å². The fourth-order valence-corrected chi connectivity index (χ4v) is 1.65. The van der Waals surface area contributed by atoms with E-state index in [1.165, 1.54) is 0 Å². The van der Waals surface area contributed by atoms with Crippen molar-refractivity contribution in [3.63, 3.8) is 0 Å². The summed E-state index contributed by atoms with van der Waals surface area (Å²) >= 11 is 0. The van der Waals surface area contributed by atoms with Crippen molar-refractivity contribution >= 4 is 5.78 Å². The van der Waals surface area contributed by atoms with Crippen LogP contribution in [0.5, 0.6) is 0 Å². The van der Waals surface area contributed by atoms with Crippen LogP contribution in [0.1, 0.15) is 48.7 Å². The van der Waals surface area contributed by atoms with E-state index in [1.54, 1.807) is 0 Å². The van der Waals surface area contributed by atoms with Gasteiger partial charge < -0.3 is 5.73 Å². The van der Waals surface area contributed by atoms with Crippen molar-refractivity contribution in [2.45, 2.75) is 47.1 Å². The largest absolute Gasteiger partial charge is 0.327 e. The molecule has 0 radical (unpaired) electrons. The molecule has 2 heteroatoms. The summed E-state index contributed by atoms with van der Waals surface area (Å²) in [5.74, 6) is 0.147. The summed E-state index contributed by atoms with van der Waals surface area (Å²) < 4.78 is 0. The second-order valence-corrected chi connectivity index (χ2v) is 5.92. The predicted molar refractivity (Wildman–Crippen MR) is 72.3 cm³/mol. The zero-order chi connectivity index (χ0) is 13.2. The molecule has 0 aliphatic carbocycles. The minimum atomic E-state index is -0.102. The van der Waals surface area contributed by atoms with E-state index >= 15 is 0 Å². The number of nitrogens with two attached hydrogens (primary N) is 1. The van der Waals surface area contributed by atoms with Gasteiger partial charge in [-0.15, -0.1) is 0 Å². The zero-order valence-corrected chi connectivity index (χ0v) is 11.5. The van der Waals surface area contributed by atoms with Crippen molar-refractivity contribution < 1.29 is 4.79 Å². The van der Waals surface area contributed by atoms with Crippen molar-refractivity contribution in [1.29, 1.82) is 0 Å². The van der Waals surface area contributed by atoms with Gasteiger partial charge in [0.1, 0.15) is 0 Å². The summed E-state index contributed by atoms with van der Waals surface area (Å²) in [5, 5.41) is 0. The van der Waals surface area contributed by atoms with Crippen molar-refractivity contribution in [2.24, 2.45) is 11.1 Å². The molecule has 17 heavy (non-hydrogen) atoms. The Labute approximate surface area is 104 Å². The van der Waals surface area contributed by atoms with E-state index in [0.29, 0.717) is 6.42 Å². The molecule has 1 aromatic rings. The number of Topliss-reactive ketones (excluding diaryl/α,β-unsaturated/α-hetero) is 1. The molecular weight excluding hydrogens is 210 g/mol. The third-order valence-corrected chi connectivity index (χ3v) is 3.21. The maximum absolute atomic E-state index is 12.2. The molecule has 0 aliphatic heterocycles. The molecule has 1 rings (SSSR count). The molecular formula is C15H23NO. The first-order valence-corrected chi connectivity index (χ1v) is 6.08. The summed E-state index contributed by atoms with van der Waals surface area (Å²) in [5.41, 5.74) is 8.98. The summed E-state index contributed by atoms with van der Waals surface area (Å²) in [4.78, 5) is 12.2. The molecule has 1 atom stereocenters. The van der Waals surface area contributed by atoms with Crippen molar-refractivity contribution in [3.8, 4) is 0 Å². The van der Waals surface area contributed by atoms with Crippen molar-refractivity contribution in [3.05, 3.63) is 34.9 Å². The topological polar surface area (TPSA) is 43.1 Å². The molecule has 0 bridgehead atoms. The minimum Gasteiger partial charge on any atom is -0.327 e. The Morgan fingerprint density at radius 3 is 2.41 bits per heavy atom.